The van der Waals surface area contributed by atoms with Crippen LogP contribution < -0.4 is 10.2 Å². The number of pyridine rings is 1. The minimum atomic E-state index is -0.961. The summed E-state index contributed by atoms with van der Waals surface area (Å²) in [6, 6.07) is 2.31. The Hall–Kier alpha value is -2.64. The monoisotopic (exact) mass is 319 g/mol. The fraction of sp³-hybridized carbons (Fsp3) is 0.333. The van der Waals surface area contributed by atoms with Gasteiger partial charge >= 0.3 is 0 Å². The van der Waals surface area contributed by atoms with Gasteiger partial charge in [-0.05, 0) is 18.9 Å². The summed E-state index contributed by atoms with van der Waals surface area (Å²) in [5.41, 5.74) is -0.389. The normalized spacial score (nSPS) is 15.5. The minimum absolute atomic E-state index is 0.0892. The third kappa shape index (κ3) is 3.58. The standard InChI is InChI=1S/C15H15F2N5O/c16-10-8-12(17)13(20-9-10)14(23)21-11-2-6-22(7-3-11)15-18-4-1-5-19-15/h1,4-5,8-9,11H,2-3,6-7H2,(H,21,23). The van der Waals surface area contributed by atoms with Crippen LogP contribution in [-0.2, 0) is 0 Å². The van der Waals surface area contributed by atoms with Crippen molar-refractivity contribution in [2.24, 2.45) is 0 Å². The predicted molar refractivity (Wildman–Crippen MR) is 78.9 cm³/mol. The first kappa shape index (κ1) is 15.3. The molecule has 2 aromatic rings. The number of piperidine rings is 1. The molecule has 1 N–H and O–H groups in total. The number of carbonyl (C=O) groups excluding carboxylic acids is 1. The largest absolute Gasteiger partial charge is 0.348 e. The van der Waals surface area contributed by atoms with Crippen LogP contribution in [0, 0.1) is 11.6 Å². The zero-order valence-corrected chi connectivity index (χ0v) is 12.2. The van der Waals surface area contributed by atoms with Crippen LogP contribution in [0.5, 0.6) is 0 Å². The van der Waals surface area contributed by atoms with Gasteiger partial charge in [0.15, 0.2) is 11.5 Å². The van der Waals surface area contributed by atoms with E-state index in [1.165, 1.54) is 0 Å². The van der Waals surface area contributed by atoms with Crippen molar-refractivity contribution in [3.8, 4) is 0 Å². The zero-order valence-electron chi connectivity index (χ0n) is 12.2. The zero-order chi connectivity index (χ0) is 16.2. The molecule has 2 aromatic heterocycles. The van der Waals surface area contributed by atoms with E-state index in [1.54, 1.807) is 18.5 Å². The molecular weight excluding hydrogens is 304 g/mol. The van der Waals surface area contributed by atoms with Gasteiger partial charge in [-0.25, -0.2) is 23.7 Å². The lowest BCUT2D eigenvalue weighted by atomic mass is 10.1. The smallest absolute Gasteiger partial charge is 0.273 e. The van der Waals surface area contributed by atoms with Gasteiger partial charge in [0, 0.05) is 37.6 Å². The Balaban J connectivity index is 1.57. The van der Waals surface area contributed by atoms with Crippen molar-refractivity contribution >= 4 is 11.9 Å². The third-order valence-corrected chi connectivity index (χ3v) is 3.69. The summed E-state index contributed by atoms with van der Waals surface area (Å²) < 4.78 is 26.4. The van der Waals surface area contributed by atoms with Gasteiger partial charge < -0.3 is 10.2 Å². The molecule has 6 nitrogen and oxygen atoms in total. The number of nitrogens with zero attached hydrogens (tertiary/aromatic N) is 4. The molecule has 23 heavy (non-hydrogen) atoms. The molecule has 0 unspecified atom stereocenters. The number of hydrogen-bond donors (Lipinski definition) is 1. The Bertz CT molecular complexity index is 690. The number of anilines is 1. The molecule has 3 rings (SSSR count). The number of amides is 1. The van der Waals surface area contributed by atoms with Crippen LogP contribution >= 0.6 is 0 Å². The van der Waals surface area contributed by atoms with E-state index in [4.69, 9.17) is 0 Å². The molecule has 0 atom stereocenters. The van der Waals surface area contributed by atoms with E-state index in [2.05, 4.69) is 20.3 Å². The van der Waals surface area contributed by atoms with Gasteiger partial charge in [-0.15, -0.1) is 0 Å². The maximum absolute atomic E-state index is 13.6. The fourth-order valence-electron chi connectivity index (χ4n) is 2.51. The number of halogens is 2. The molecule has 3 heterocycles. The van der Waals surface area contributed by atoms with Crippen molar-refractivity contribution in [2.75, 3.05) is 18.0 Å². The van der Waals surface area contributed by atoms with E-state index in [1.807, 2.05) is 4.90 Å². The quantitative estimate of drug-likeness (QED) is 0.929. The lowest BCUT2D eigenvalue weighted by molar-refractivity contribution is 0.0921. The van der Waals surface area contributed by atoms with Gasteiger partial charge in [-0.3, -0.25) is 4.79 Å². The minimum Gasteiger partial charge on any atom is -0.348 e. The third-order valence-electron chi connectivity index (χ3n) is 3.69. The number of nitrogens with one attached hydrogen (secondary N) is 1. The molecule has 0 saturated carbocycles. The Morgan fingerprint density at radius 3 is 2.52 bits per heavy atom. The van der Waals surface area contributed by atoms with Gasteiger partial charge in [0.1, 0.15) is 5.82 Å². The summed E-state index contributed by atoms with van der Waals surface area (Å²) in [6.45, 7) is 1.38. The van der Waals surface area contributed by atoms with Crippen molar-refractivity contribution in [1.29, 1.82) is 0 Å². The average Bonchev–Trinajstić information content (AvgIpc) is 2.56. The molecule has 0 spiro atoms. The summed E-state index contributed by atoms with van der Waals surface area (Å²) in [6.07, 6.45) is 5.56. The molecule has 0 aliphatic carbocycles. The molecular formula is C15H15F2N5O. The summed E-state index contributed by atoms with van der Waals surface area (Å²) in [5, 5.41) is 2.74. The first-order valence-electron chi connectivity index (χ1n) is 7.27. The second-order valence-corrected chi connectivity index (χ2v) is 5.27. The summed E-state index contributed by atoms with van der Waals surface area (Å²) >= 11 is 0. The van der Waals surface area contributed by atoms with Gasteiger partial charge in [0.25, 0.3) is 5.91 Å². The second kappa shape index (κ2) is 6.64. The molecule has 0 radical (unpaired) electrons. The molecule has 0 bridgehead atoms. The summed E-state index contributed by atoms with van der Waals surface area (Å²) in [7, 11) is 0. The van der Waals surface area contributed by atoms with Crippen molar-refractivity contribution in [3.05, 3.63) is 48.1 Å². The molecule has 1 fully saturated rings. The molecule has 0 aromatic carbocycles. The predicted octanol–water partition coefficient (Wildman–Crippen LogP) is 1.55. The summed E-state index contributed by atoms with van der Waals surface area (Å²) in [4.78, 5) is 25.9. The number of aromatic nitrogens is 3. The molecule has 8 heteroatoms. The van der Waals surface area contributed by atoms with Crippen LogP contribution in [0.25, 0.3) is 0 Å². The van der Waals surface area contributed by atoms with E-state index in [-0.39, 0.29) is 11.7 Å². The topological polar surface area (TPSA) is 71.0 Å². The lowest BCUT2D eigenvalue weighted by Crippen LogP contribution is -2.45. The van der Waals surface area contributed by atoms with Gasteiger partial charge in [0.05, 0.1) is 6.20 Å². The van der Waals surface area contributed by atoms with Crippen LogP contribution in [-0.4, -0.2) is 40.0 Å². The van der Waals surface area contributed by atoms with E-state index >= 15 is 0 Å². The number of hydrogen-bond acceptors (Lipinski definition) is 5. The highest BCUT2D eigenvalue weighted by Crippen LogP contribution is 2.16. The van der Waals surface area contributed by atoms with Gasteiger partial charge in [-0.2, -0.15) is 0 Å². The molecule has 1 saturated heterocycles. The van der Waals surface area contributed by atoms with Gasteiger partial charge in [0.2, 0.25) is 5.95 Å². The van der Waals surface area contributed by atoms with E-state index in [0.29, 0.717) is 37.9 Å². The van der Waals surface area contributed by atoms with Crippen LogP contribution in [0.2, 0.25) is 0 Å². The van der Waals surface area contributed by atoms with E-state index < -0.39 is 17.5 Å². The van der Waals surface area contributed by atoms with Crippen LogP contribution in [0.4, 0.5) is 14.7 Å². The first-order valence-corrected chi connectivity index (χ1v) is 7.27. The lowest BCUT2D eigenvalue weighted by Gasteiger charge is -2.32. The van der Waals surface area contributed by atoms with Crippen LogP contribution in [0.3, 0.4) is 0 Å². The average molecular weight is 319 g/mol. The molecule has 1 amide bonds. The number of carbonyl (C=O) groups is 1. The van der Waals surface area contributed by atoms with Crippen LogP contribution in [0.15, 0.2) is 30.7 Å². The first-order chi connectivity index (χ1) is 11.1. The molecule has 120 valence electrons. The fourth-order valence-corrected chi connectivity index (χ4v) is 2.51. The Morgan fingerprint density at radius 2 is 1.87 bits per heavy atom. The van der Waals surface area contributed by atoms with Gasteiger partial charge in [-0.1, -0.05) is 0 Å². The highest BCUT2D eigenvalue weighted by atomic mass is 19.1. The Kier molecular flexibility index (Phi) is 4.40. The second-order valence-electron chi connectivity index (χ2n) is 5.27. The van der Waals surface area contributed by atoms with E-state index in [9.17, 15) is 13.6 Å². The maximum Gasteiger partial charge on any atom is 0.273 e. The van der Waals surface area contributed by atoms with Crippen molar-refractivity contribution in [3.63, 3.8) is 0 Å². The Morgan fingerprint density at radius 1 is 1.17 bits per heavy atom. The van der Waals surface area contributed by atoms with Crippen molar-refractivity contribution in [1.82, 2.24) is 20.3 Å². The molecule has 1 aliphatic rings. The van der Waals surface area contributed by atoms with Crippen molar-refractivity contribution < 1.29 is 13.6 Å². The Labute approximate surface area is 131 Å². The van der Waals surface area contributed by atoms with Crippen LogP contribution in [0.1, 0.15) is 23.3 Å². The van der Waals surface area contributed by atoms with E-state index in [0.717, 1.165) is 6.20 Å². The van der Waals surface area contributed by atoms with Crippen molar-refractivity contribution in [2.45, 2.75) is 18.9 Å². The highest BCUT2D eigenvalue weighted by Gasteiger charge is 2.24. The maximum atomic E-state index is 13.6. The number of rotatable bonds is 3. The SMILES string of the molecule is O=C(NC1CCN(c2ncccn2)CC1)c1ncc(F)cc1F. The summed E-state index contributed by atoms with van der Waals surface area (Å²) in [5.74, 6) is -1.74. The highest BCUT2D eigenvalue weighted by molar-refractivity contribution is 5.92. The molecule has 1 aliphatic heterocycles.